The van der Waals surface area contributed by atoms with Crippen molar-refractivity contribution >= 4 is 22.5 Å². The number of nitrogens with zero attached hydrogens (tertiary/aromatic N) is 6. The monoisotopic (exact) mass is 566 g/mol. The molecule has 3 aliphatic heterocycles. The third-order valence-corrected chi connectivity index (χ3v) is 8.97. The largest absolute Gasteiger partial charge is 0.462 e. The van der Waals surface area contributed by atoms with Crippen molar-refractivity contribution in [1.29, 1.82) is 0 Å². The van der Waals surface area contributed by atoms with E-state index in [-0.39, 0.29) is 24.6 Å². The van der Waals surface area contributed by atoms with Gasteiger partial charge in [0.2, 0.25) is 12.5 Å². The van der Waals surface area contributed by atoms with Gasteiger partial charge in [-0.15, -0.1) is 0 Å². The van der Waals surface area contributed by atoms with Gasteiger partial charge in [-0.1, -0.05) is 43.0 Å². The van der Waals surface area contributed by atoms with Gasteiger partial charge in [-0.05, 0) is 61.3 Å². The highest BCUT2D eigenvalue weighted by atomic mass is 16.5. The van der Waals surface area contributed by atoms with Crippen LogP contribution in [-0.4, -0.2) is 84.1 Å². The average Bonchev–Trinajstić information content (AvgIpc) is 3.43. The molecular formula is C33H38N6O3. The first-order valence-electron chi connectivity index (χ1n) is 14.8. The zero-order valence-electron chi connectivity index (χ0n) is 24.5. The Balaban J connectivity index is 1.34. The highest BCUT2D eigenvalue weighted by Gasteiger charge is 2.35. The van der Waals surface area contributed by atoms with Crippen LogP contribution in [0.4, 0.5) is 5.82 Å². The van der Waals surface area contributed by atoms with Gasteiger partial charge in [-0.25, -0.2) is 6.57 Å². The summed E-state index contributed by atoms with van der Waals surface area (Å²) in [7, 11) is 2.13. The van der Waals surface area contributed by atoms with E-state index in [1.807, 2.05) is 0 Å². The Hall–Kier alpha value is -4.00. The molecule has 2 aromatic carbocycles. The van der Waals surface area contributed by atoms with Crippen molar-refractivity contribution in [1.82, 2.24) is 19.8 Å². The Labute approximate surface area is 247 Å². The summed E-state index contributed by atoms with van der Waals surface area (Å²) in [6, 6.07) is 13.2. The van der Waals surface area contributed by atoms with Gasteiger partial charge in [0, 0.05) is 37.7 Å². The number of ether oxygens (including phenoxy) is 2. The SMILES string of the molecule is [C-]#[N+]C[C@H]1CN(c2nc(OC[C@H]3CCCN3C)nc3c2COC(c2cccc4cccc(C)c24)C3)CCN1C(=O)C=C. The second kappa shape index (κ2) is 12.1. The summed E-state index contributed by atoms with van der Waals surface area (Å²) < 4.78 is 12.8. The van der Waals surface area contributed by atoms with Crippen molar-refractivity contribution in [3.8, 4) is 6.01 Å². The van der Waals surface area contributed by atoms with Gasteiger partial charge in [-0.2, -0.15) is 9.97 Å². The number of hydrogen-bond donors (Lipinski definition) is 0. The number of likely N-dealkylation sites (N-methyl/N-ethyl adjacent to an activating group) is 1. The summed E-state index contributed by atoms with van der Waals surface area (Å²) in [5.74, 6) is 0.636. The number of fused-ring (bicyclic) bond motifs is 2. The lowest BCUT2D eigenvalue weighted by Crippen LogP contribution is -2.56. The molecule has 1 unspecified atom stereocenters. The molecule has 42 heavy (non-hydrogen) atoms. The van der Waals surface area contributed by atoms with Gasteiger partial charge < -0.3 is 29.0 Å². The van der Waals surface area contributed by atoms with Crippen molar-refractivity contribution < 1.29 is 14.3 Å². The molecule has 3 atom stereocenters. The van der Waals surface area contributed by atoms with E-state index in [1.165, 1.54) is 34.4 Å². The van der Waals surface area contributed by atoms with Crippen LogP contribution in [0.25, 0.3) is 15.6 Å². The predicted octanol–water partition coefficient (Wildman–Crippen LogP) is 4.35. The minimum atomic E-state index is -0.250. The van der Waals surface area contributed by atoms with E-state index in [1.54, 1.807) is 4.90 Å². The Bertz CT molecular complexity index is 1530. The van der Waals surface area contributed by atoms with Crippen LogP contribution in [0.3, 0.4) is 0 Å². The molecule has 1 amide bonds. The Morgan fingerprint density at radius 1 is 1.19 bits per heavy atom. The fraction of sp³-hybridized carbons (Fsp3) is 0.455. The zero-order chi connectivity index (χ0) is 29.2. The highest BCUT2D eigenvalue weighted by molar-refractivity contribution is 5.89. The quantitative estimate of drug-likeness (QED) is 0.311. The van der Waals surface area contributed by atoms with E-state index < -0.39 is 0 Å². The number of aromatic nitrogens is 2. The second-order valence-corrected chi connectivity index (χ2v) is 11.5. The highest BCUT2D eigenvalue weighted by Crippen LogP contribution is 2.38. The molecule has 3 aromatic rings. The minimum absolute atomic E-state index is 0.143. The molecule has 0 N–H and O–H groups in total. The van der Waals surface area contributed by atoms with E-state index in [0.717, 1.165) is 30.0 Å². The number of hydrogen-bond acceptors (Lipinski definition) is 7. The van der Waals surface area contributed by atoms with E-state index in [4.69, 9.17) is 26.0 Å². The van der Waals surface area contributed by atoms with Gasteiger partial charge in [0.05, 0.1) is 18.4 Å². The third-order valence-electron chi connectivity index (χ3n) is 8.97. The summed E-state index contributed by atoms with van der Waals surface area (Å²) in [6.07, 6.45) is 4.06. The number of likely N-dealkylation sites (tertiary alicyclic amines) is 1. The molecule has 6 rings (SSSR count). The molecule has 2 saturated heterocycles. The number of carbonyl (C=O) groups excluding carboxylic acids is 1. The van der Waals surface area contributed by atoms with Crippen LogP contribution in [0, 0.1) is 13.5 Å². The van der Waals surface area contributed by atoms with Crippen LogP contribution in [0.15, 0.2) is 49.1 Å². The van der Waals surface area contributed by atoms with Gasteiger partial charge in [0.25, 0.3) is 0 Å². The lowest BCUT2D eigenvalue weighted by Gasteiger charge is -2.40. The number of rotatable bonds is 7. The van der Waals surface area contributed by atoms with Gasteiger partial charge in [0.15, 0.2) is 0 Å². The molecule has 4 heterocycles. The fourth-order valence-corrected chi connectivity index (χ4v) is 6.66. The van der Waals surface area contributed by atoms with E-state index in [2.05, 4.69) is 71.6 Å². The molecule has 3 aliphatic rings. The number of carbonyl (C=O) groups is 1. The van der Waals surface area contributed by atoms with Crippen molar-refractivity contribution in [2.24, 2.45) is 0 Å². The first-order chi connectivity index (χ1) is 20.5. The lowest BCUT2D eigenvalue weighted by molar-refractivity contribution is -0.128. The van der Waals surface area contributed by atoms with Gasteiger partial charge in [0.1, 0.15) is 18.5 Å². The number of benzene rings is 2. The summed E-state index contributed by atoms with van der Waals surface area (Å²) in [5.41, 5.74) is 4.28. The van der Waals surface area contributed by atoms with Gasteiger partial charge >= 0.3 is 6.01 Å². The van der Waals surface area contributed by atoms with Crippen LogP contribution in [0.2, 0.25) is 0 Å². The summed E-state index contributed by atoms with van der Waals surface area (Å²) in [5, 5.41) is 2.43. The molecule has 0 aliphatic carbocycles. The average molecular weight is 567 g/mol. The molecule has 0 radical (unpaired) electrons. The summed E-state index contributed by atoms with van der Waals surface area (Å²) in [6.45, 7) is 17.1. The predicted molar refractivity (Wildman–Crippen MR) is 162 cm³/mol. The van der Waals surface area contributed by atoms with Crippen LogP contribution in [-0.2, 0) is 22.6 Å². The molecular weight excluding hydrogens is 528 g/mol. The maximum absolute atomic E-state index is 12.5. The van der Waals surface area contributed by atoms with Crippen molar-refractivity contribution in [2.75, 3.05) is 51.3 Å². The summed E-state index contributed by atoms with van der Waals surface area (Å²) >= 11 is 0. The number of piperazine rings is 1. The normalized spacial score (nSPS) is 22.5. The van der Waals surface area contributed by atoms with E-state index in [0.29, 0.717) is 51.3 Å². The van der Waals surface area contributed by atoms with Crippen molar-refractivity contribution in [3.05, 3.63) is 82.9 Å². The summed E-state index contributed by atoms with van der Waals surface area (Å²) in [4.78, 5) is 32.3. The molecule has 9 nitrogen and oxygen atoms in total. The molecule has 2 fully saturated rings. The molecule has 9 heteroatoms. The number of aryl methyl sites for hydroxylation is 1. The molecule has 0 saturated carbocycles. The molecule has 1 aromatic heterocycles. The zero-order valence-corrected chi connectivity index (χ0v) is 24.5. The maximum Gasteiger partial charge on any atom is 0.318 e. The van der Waals surface area contributed by atoms with Crippen LogP contribution >= 0.6 is 0 Å². The maximum atomic E-state index is 12.5. The smallest absolute Gasteiger partial charge is 0.318 e. The lowest BCUT2D eigenvalue weighted by atomic mass is 9.92. The Morgan fingerprint density at radius 2 is 2.02 bits per heavy atom. The van der Waals surface area contributed by atoms with Crippen LogP contribution in [0.1, 0.15) is 41.3 Å². The first-order valence-corrected chi connectivity index (χ1v) is 14.8. The standard InChI is InChI=1S/C33H38N6O3/c1-5-30(40)39-16-15-38(19-25(39)18-34-3)32-27-21-41-29(26-13-7-11-23-10-6-9-22(2)31(23)26)17-28(27)35-33(36-32)42-20-24-12-8-14-37(24)4/h5-7,9-11,13,24-25,29H,1,8,12,14-21H2,2,4H3/t24-,25+,29?/m1/s1. The topological polar surface area (TPSA) is 75.4 Å². The molecule has 0 bridgehead atoms. The Kier molecular flexibility index (Phi) is 8.09. The van der Waals surface area contributed by atoms with E-state index in [9.17, 15) is 4.79 Å². The number of anilines is 1. The Morgan fingerprint density at radius 3 is 2.79 bits per heavy atom. The minimum Gasteiger partial charge on any atom is -0.462 e. The van der Waals surface area contributed by atoms with Crippen molar-refractivity contribution in [2.45, 2.75) is 51.0 Å². The van der Waals surface area contributed by atoms with Crippen LogP contribution < -0.4 is 9.64 Å². The first kappa shape index (κ1) is 28.1. The molecule has 0 spiro atoms. The molecule has 218 valence electrons. The third kappa shape index (κ3) is 5.44. The van der Waals surface area contributed by atoms with Crippen molar-refractivity contribution in [3.63, 3.8) is 0 Å². The number of amides is 1. The second-order valence-electron chi connectivity index (χ2n) is 11.5. The van der Waals surface area contributed by atoms with E-state index >= 15 is 0 Å². The fourth-order valence-electron chi connectivity index (χ4n) is 6.66. The van der Waals surface area contributed by atoms with Crippen LogP contribution in [0.5, 0.6) is 6.01 Å². The van der Waals surface area contributed by atoms with Gasteiger partial charge in [-0.3, -0.25) is 4.79 Å².